The molecule has 144 valence electrons. The van der Waals surface area contributed by atoms with Gasteiger partial charge < -0.3 is 9.80 Å². The molecule has 1 unspecified atom stereocenters. The number of tetrazole rings is 1. The van der Waals surface area contributed by atoms with E-state index in [-0.39, 0.29) is 11.4 Å². The van der Waals surface area contributed by atoms with Crippen LogP contribution in [0.15, 0.2) is 36.7 Å². The first-order chi connectivity index (χ1) is 13.1. The zero-order valence-electron chi connectivity index (χ0n) is 16.0. The number of piperazine rings is 1. The normalized spacial score (nSPS) is 22.1. The number of amides is 1. The van der Waals surface area contributed by atoms with Gasteiger partial charge in [-0.3, -0.25) is 9.69 Å². The van der Waals surface area contributed by atoms with E-state index < -0.39 is 6.04 Å². The van der Waals surface area contributed by atoms with Crippen LogP contribution >= 0.6 is 0 Å². The summed E-state index contributed by atoms with van der Waals surface area (Å²) in [6, 6.07) is 9.25. The minimum Gasteiger partial charge on any atom is -0.337 e. The molecule has 2 fully saturated rings. The lowest BCUT2D eigenvalue weighted by atomic mass is 9.83. The van der Waals surface area contributed by atoms with Gasteiger partial charge in [0.2, 0.25) is 0 Å². The summed E-state index contributed by atoms with van der Waals surface area (Å²) in [4.78, 5) is 20.4. The number of aromatic nitrogens is 4. The lowest BCUT2D eigenvalue weighted by molar-refractivity contribution is -0.140. The number of rotatable bonds is 3. The lowest BCUT2D eigenvalue weighted by Crippen LogP contribution is -2.65. The van der Waals surface area contributed by atoms with Gasteiger partial charge >= 0.3 is 0 Å². The summed E-state index contributed by atoms with van der Waals surface area (Å²) in [5, 5.41) is 11.5. The van der Waals surface area contributed by atoms with Gasteiger partial charge in [-0.2, -0.15) is 0 Å². The van der Waals surface area contributed by atoms with Crippen molar-refractivity contribution in [2.24, 2.45) is 0 Å². The van der Waals surface area contributed by atoms with Crippen molar-refractivity contribution in [3.63, 3.8) is 0 Å². The zero-order chi connectivity index (χ0) is 18.9. The van der Waals surface area contributed by atoms with Crippen molar-refractivity contribution in [1.29, 1.82) is 0 Å². The van der Waals surface area contributed by atoms with Crippen LogP contribution in [0.25, 0.3) is 0 Å². The SMILES string of the molecule is CN1CCC2(CC1)CN(C(=O)C(c1ccccc1)n1cnnn1)CCN2C. The lowest BCUT2D eigenvalue weighted by Gasteiger charge is -2.53. The van der Waals surface area contributed by atoms with Crippen molar-refractivity contribution >= 4 is 5.91 Å². The Labute approximate surface area is 159 Å². The quantitative estimate of drug-likeness (QED) is 0.785. The van der Waals surface area contributed by atoms with E-state index in [0.29, 0.717) is 0 Å². The zero-order valence-corrected chi connectivity index (χ0v) is 16.0. The maximum Gasteiger partial charge on any atom is 0.252 e. The molecule has 0 saturated carbocycles. The number of likely N-dealkylation sites (tertiary alicyclic amines) is 1. The van der Waals surface area contributed by atoms with Gasteiger partial charge in [0.15, 0.2) is 6.04 Å². The first-order valence-corrected chi connectivity index (χ1v) is 9.55. The van der Waals surface area contributed by atoms with Gasteiger partial charge in [-0.1, -0.05) is 30.3 Å². The second-order valence-corrected chi connectivity index (χ2v) is 7.81. The van der Waals surface area contributed by atoms with E-state index in [0.717, 1.165) is 51.1 Å². The van der Waals surface area contributed by atoms with Crippen LogP contribution in [0.2, 0.25) is 0 Å². The topological polar surface area (TPSA) is 70.4 Å². The van der Waals surface area contributed by atoms with Crippen molar-refractivity contribution < 1.29 is 4.79 Å². The monoisotopic (exact) mass is 369 g/mol. The molecule has 0 bridgehead atoms. The first-order valence-electron chi connectivity index (χ1n) is 9.55. The van der Waals surface area contributed by atoms with Crippen LogP contribution in [-0.2, 0) is 4.79 Å². The Morgan fingerprint density at radius 2 is 1.81 bits per heavy atom. The maximum absolute atomic E-state index is 13.6. The summed E-state index contributed by atoms with van der Waals surface area (Å²) >= 11 is 0. The highest BCUT2D eigenvalue weighted by Gasteiger charge is 2.44. The van der Waals surface area contributed by atoms with Crippen LogP contribution in [0.5, 0.6) is 0 Å². The Bertz CT molecular complexity index is 756. The number of hydrogen-bond acceptors (Lipinski definition) is 6. The molecular weight excluding hydrogens is 342 g/mol. The van der Waals surface area contributed by atoms with Crippen LogP contribution in [0.1, 0.15) is 24.4 Å². The predicted molar refractivity (Wildman–Crippen MR) is 101 cm³/mol. The van der Waals surface area contributed by atoms with E-state index >= 15 is 0 Å². The Hall–Kier alpha value is -2.32. The molecule has 1 atom stereocenters. The molecule has 0 aliphatic carbocycles. The molecule has 2 aromatic rings. The van der Waals surface area contributed by atoms with Crippen molar-refractivity contribution in [1.82, 2.24) is 34.9 Å². The van der Waals surface area contributed by atoms with E-state index in [2.05, 4.69) is 39.4 Å². The van der Waals surface area contributed by atoms with Gasteiger partial charge in [0.05, 0.1) is 0 Å². The Morgan fingerprint density at radius 1 is 1.07 bits per heavy atom. The minimum absolute atomic E-state index is 0.0694. The fourth-order valence-electron chi connectivity index (χ4n) is 4.33. The molecule has 2 aliphatic rings. The van der Waals surface area contributed by atoms with Crippen molar-refractivity contribution in [2.75, 3.05) is 46.8 Å². The molecule has 1 aromatic heterocycles. The molecule has 3 heterocycles. The van der Waals surface area contributed by atoms with Gasteiger partial charge in [-0.05, 0) is 56.0 Å². The third kappa shape index (κ3) is 3.46. The Balaban J connectivity index is 1.60. The molecule has 2 saturated heterocycles. The van der Waals surface area contributed by atoms with E-state index in [1.807, 2.05) is 35.2 Å². The molecule has 4 rings (SSSR count). The Morgan fingerprint density at radius 3 is 2.48 bits per heavy atom. The average molecular weight is 369 g/mol. The molecular formula is C19H27N7O. The number of benzene rings is 1. The van der Waals surface area contributed by atoms with Gasteiger partial charge in [0.25, 0.3) is 5.91 Å². The fourth-order valence-corrected chi connectivity index (χ4v) is 4.33. The van der Waals surface area contributed by atoms with E-state index in [4.69, 9.17) is 0 Å². The Kier molecular flexibility index (Phi) is 4.92. The number of likely N-dealkylation sites (N-methyl/N-ethyl adjacent to an activating group) is 1. The minimum atomic E-state index is -0.520. The number of carbonyl (C=O) groups excluding carboxylic acids is 1. The third-order valence-corrected chi connectivity index (χ3v) is 6.21. The molecule has 1 spiro atoms. The summed E-state index contributed by atoms with van der Waals surface area (Å²) in [7, 11) is 4.37. The highest BCUT2D eigenvalue weighted by Crippen LogP contribution is 2.32. The smallest absolute Gasteiger partial charge is 0.252 e. The van der Waals surface area contributed by atoms with Gasteiger partial charge in [-0.15, -0.1) is 5.10 Å². The largest absolute Gasteiger partial charge is 0.337 e. The van der Waals surface area contributed by atoms with Crippen LogP contribution in [0, 0.1) is 0 Å². The molecule has 1 aromatic carbocycles. The van der Waals surface area contributed by atoms with Crippen LogP contribution in [0.3, 0.4) is 0 Å². The standard InChI is InChI=1S/C19H27N7O/c1-23-10-8-19(9-11-23)14-25(13-12-24(19)2)18(27)17(26-15-20-21-22-26)16-6-4-3-5-7-16/h3-7,15,17H,8-14H2,1-2H3. The molecule has 0 radical (unpaired) electrons. The van der Waals surface area contributed by atoms with Crippen LogP contribution < -0.4 is 0 Å². The van der Waals surface area contributed by atoms with Gasteiger partial charge in [-0.25, -0.2) is 4.68 Å². The molecule has 2 aliphatic heterocycles. The molecule has 8 nitrogen and oxygen atoms in total. The van der Waals surface area contributed by atoms with Crippen molar-refractivity contribution in [3.8, 4) is 0 Å². The number of nitrogens with zero attached hydrogens (tertiary/aromatic N) is 7. The van der Waals surface area contributed by atoms with Gasteiger partial charge in [0, 0.05) is 25.2 Å². The predicted octanol–water partition coefficient (Wildman–Crippen LogP) is 0.501. The van der Waals surface area contributed by atoms with E-state index in [1.165, 1.54) is 6.33 Å². The average Bonchev–Trinajstić information content (AvgIpc) is 3.21. The number of hydrogen-bond donors (Lipinski definition) is 0. The molecule has 0 N–H and O–H groups in total. The summed E-state index contributed by atoms with van der Waals surface area (Å²) in [6.07, 6.45) is 3.70. The highest BCUT2D eigenvalue weighted by atomic mass is 16.2. The van der Waals surface area contributed by atoms with Crippen LogP contribution in [0.4, 0.5) is 0 Å². The molecule has 8 heteroatoms. The summed E-state index contributed by atoms with van der Waals surface area (Å²) < 4.78 is 1.57. The third-order valence-electron chi connectivity index (χ3n) is 6.21. The van der Waals surface area contributed by atoms with E-state index in [1.54, 1.807) is 4.68 Å². The van der Waals surface area contributed by atoms with Gasteiger partial charge in [0.1, 0.15) is 6.33 Å². The number of carbonyl (C=O) groups is 1. The second kappa shape index (κ2) is 7.36. The van der Waals surface area contributed by atoms with E-state index in [9.17, 15) is 4.79 Å². The second-order valence-electron chi connectivity index (χ2n) is 7.81. The highest BCUT2D eigenvalue weighted by molar-refractivity contribution is 5.83. The maximum atomic E-state index is 13.6. The fraction of sp³-hybridized carbons (Fsp3) is 0.579. The van der Waals surface area contributed by atoms with Crippen LogP contribution in [-0.4, -0.2) is 93.2 Å². The molecule has 1 amide bonds. The first kappa shape index (κ1) is 18.1. The summed E-state index contributed by atoms with van der Waals surface area (Å²) in [5.41, 5.74) is 0.980. The van der Waals surface area contributed by atoms with Crippen molar-refractivity contribution in [3.05, 3.63) is 42.2 Å². The summed E-state index contributed by atoms with van der Waals surface area (Å²) in [5.74, 6) is 0.0694. The summed E-state index contributed by atoms with van der Waals surface area (Å²) in [6.45, 7) is 4.54. The number of piperidine rings is 1. The van der Waals surface area contributed by atoms with Crippen molar-refractivity contribution in [2.45, 2.75) is 24.4 Å². The molecule has 27 heavy (non-hydrogen) atoms.